The van der Waals surface area contributed by atoms with Crippen molar-refractivity contribution >= 4 is 0 Å². The summed E-state index contributed by atoms with van der Waals surface area (Å²) in [6, 6.07) is 0. The summed E-state index contributed by atoms with van der Waals surface area (Å²) in [5, 5.41) is 18.7. The van der Waals surface area contributed by atoms with Gasteiger partial charge in [0.15, 0.2) is 6.29 Å². The van der Waals surface area contributed by atoms with E-state index in [9.17, 15) is 10.2 Å². The first-order valence-electron chi connectivity index (χ1n) is 4.06. The zero-order valence-corrected chi connectivity index (χ0v) is 7.08. The number of hydrogen-bond acceptors (Lipinski definition) is 3. The maximum Gasteiger partial charge on any atom is 0.155 e. The average Bonchev–Trinajstić information content (AvgIpc) is 1.93. The van der Waals surface area contributed by atoms with Crippen molar-refractivity contribution in [2.75, 3.05) is 0 Å². The van der Waals surface area contributed by atoms with Crippen LogP contribution in [-0.2, 0) is 4.74 Å². The molecule has 2 N–H and O–H groups in total. The molecule has 0 spiro atoms. The van der Waals surface area contributed by atoms with E-state index < -0.39 is 18.0 Å². The second kappa shape index (κ2) is 3.09. The maximum absolute atomic E-state index is 9.50. The zero-order chi connectivity index (χ0) is 8.48. The molecule has 0 radical (unpaired) electrons. The molecule has 0 bridgehead atoms. The van der Waals surface area contributed by atoms with E-state index >= 15 is 0 Å². The number of rotatable bonds is 0. The third-order valence-corrected chi connectivity index (χ3v) is 2.17. The Labute approximate surface area is 67.0 Å². The predicted molar refractivity (Wildman–Crippen MR) is 41.0 cm³/mol. The van der Waals surface area contributed by atoms with Crippen molar-refractivity contribution in [3.63, 3.8) is 0 Å². The quantitative estimate of drug-likeness (QED) is 0.547. The van der Waals surface area contributed by atoms with Crippen LogP contribution >= 0.6 is 0 Å². The lowest BCUT2D eigenvalue weighted by molar-refractivity contribution is -0.196. The Morgan fingerprint density at radius 1 is 1.27 bits per heavy atom. The van der Waals surface area contributed by atoms with Crippen molar-refractivity contribution in [3.05, 3.63) is 0 Å². The van der Waals surface area contributed by atoms with Gasteiger partial charge < -0.3 is 14.9 Å². The molecule has 0 aromatic carbocycles. The number of hydrogen-bond donors (Lipinski definition) is 2. The normalized spacial score (nSPS) is 38.2. The molecule has 1 aliphatic rings. The Hall–Kier alpha value is -0.120. The zero-order valence-electron chi connectivity index (χ0n) is 7.08. The third kappa shape index (κ3) is 2.15. The van der Waals surface area contributed by atoms with Crippen LogP contribution in [0.3, 0.4) is 0 Å². The molecule has 1 rings (SSSR count). The lowest BCUT2D eigenvalue weighted by Crippen LogP contribution is -2.39. The maximum atomic E-state index is 9.50. The molecule has 3 heteroatoms. The van der Waals surface area contributed by atoms with Gasteiger partial charge in [0.2, 0.25) is 0 Å². The fraction of sp³-hybridized carbons (Fsp3) is 1.00. The molecule has 1 saturated heterocycles. The predicted octanol–water partition coefficient (Wildman–Crippen LogP) is 0.645. The molecule has 1 aliphatic heterocycles. The second-order valence-electron chi connectivity index (χ2n) is 3.62. The monoisotopic (exact) mass is 160 g/mol. The van der Waals surface area contributed by atoms with Gasteiger partial charge in [-0.15, -0.1) is 0 Å². The van der Waals surface area contributed by atoms with E-state index in [-0.39, 0.29) is 0 Å². The highest BCUT2D eigenvalue weighted by Gasteiger charge is 2.33. The Kier molecular flexibility index (Phi) is 2.52. The summed E-state index contributed by atoms with van der Waals surface area (Å²) >= 11 is 0. The molecule has 0 saturated carbocycles. The molecule has 0 aromatic rings. The van der Waals surface area contributed by atoms with Crippen LogP contribution in [0, 0.1) is 0 Å². The molecule has 11 heavy (non-hydrogen) atoms. The molecule has 2 unspecified atom stereocenters. The van der Waals surface area contributed by atoms with Crippen LogP contribution in [0.4, 0.5) is 0 Å². The molecule has 2 atom stereocenters. The third-order valence-electron chi connectivity index (χ3n) is 2.17. The first-order chi connectivity index (χ1) is 5.02. The number of aliphatic hydroxyl groups excluding tert-OH is 2. The number of ether oxygens (including phenoxy) is 1. The average molecular weight is 160 g/mol. The summed E-state index contributed by atoms with van der Waals surface area (Å²) in [5.74, 6) is 0. The second-order valence-corrected chi connectivity index (χ2v) is 3.62. The molecule has 1 heterocycles. The highest BCUT2D eigenvalue weighted by Crippen LogP contribution is 2.26. The molecule has 0 aliphatic carbocycles. The summed E-state index contributed by atoms with van der Waals surface area (Å²) < 4.78 is 5.22. The van der Waals surface area contributed by atoms with Gasteiger partial charge in [0.25, 0.3) is 0 Å². The van der Waals surface area contributed by atoms with Crippen LogP contribution in [0.2, 0.25) is 0 Å². The van der Waals surface area contributed by atoms with E-state index in [2.05, 4.69) is 0 Å². The largest absolute Gasteiger partial charge is 0.390 e. The van der Waals surface area contributed by atoms with E-state index in [1.807, 2.05) is 0 Å². The van der Waals surface area contributed by atoms with E-state index in [1.165, 1.54) is 0 Å². The standard InChI is InChI=1S/C8H16O3/c1-8(2)6(9)4-3-5-7(10)11-8/h6-7,9-10H,3-5H2,1-2H3. The van der Waals surface area contributed by atoms with Crippen LogP contribution in [0.25, 0.3) is 0 Å². The van der Waals surface area contributed by atoms with Crippen molar-refractivity contribution in [2.24, 2.45) is 0 Å². The van der Waals surface area contributed by atoms with Gasteiger partial charge in [-0.2, -0.15) is 0 Å². The van der Waals surface area contributed by atoms with Gasteiger partial charge in [-0.1, -0.05) is 0 Å². The minimum absolute atomic E-state index is 0.459. The van der Waals surface area contributed by atoms with Crippen LogP contribution in [0.1, 0.15) is 33.1 Å². The van der Waals surface area contributed by atoms with Crippen LogP contribution < -0.4 is 0 Å². The van der Waals surface area contributed by atoms with Gasteiger partial charge >= 0.3 is 0 Å². The summed E-state index contributed by atoms with van der Waals surface area (Å²) in [6.07, 6.45) is 0.998. The summed E-state index contributed by atoms with van der Waals surface area (Å²) in [4.78, 5) is 0. The highest BCUT2D eigenvalue weighted by atomic mass is 16.6. The van der Waals surface area contributed by atoms with E-state index in [4.69, 9.17) is 4.74 Å². The first kappa shape index (κ1) is 8.97. The Bertz CT molecular complexity index is 133. The minimum Gasteiger partial charge on any atom is -0.390 e. The highest BCUT2D eigenvalue weighted by molar-refractivity contribution is 4.81. The van der Waals surface area contributed by atoms with E-state index in [1.54, 1.807) is 13.8 Å². The van der Waals surface area contributed by atoms with Crippen LogP contribution in [0.5, 0.6) is 0 Å². The number of aliphatic hydroxyl groups is 2. The van der Waals surface area contributed by atoms with Gasteiger partial charge in [-0.05, 0) is 33.1 Å². The lowest BCUT2D eigenvalue weighted by Gasteiger charge is -2.29. The first-order valence-corrected chi connectivity index (χ1v) is 4.06. The van der Waals surface area contributed by atoms with Gasteiger partial charge in [0.05, 0.1) is 11.7 Å². The molecule has 66 valence electrons. The Morgan fingerprint density at radius 2 is 1.91 bits per heavy atom. The van der Waals surface area contributed by atoms with Gasteiger partial charge in [0.1, 0.15) is 0 Å². The molecule has 1 fully saturated rings. The Balaban J connectivity index is 2.60. The summed E-state index contributed by atoms with van der Waals surface area (Å²) in [5.41, 5.74) is -0.601. The van der Waals surface area contributed by atoms with Gasteiger partial charge in [0, 0.05) is 0 Å². The molecule has 3 nitrogen and oxygen atoms in total. The Morgan fingerprint density at radius 3 is 2.55 bits per heavy atom. The summed E-state index contributed by atoms with van der Waals surface area (Å²) in [6.45, 7) is 3.60. The van der Waals surface area contributed by atoms with Crippen LogP contribution in [-0.4, -0.2) is 28.2 Å². The smallest absolute Gasteiger partial charge is 0.155 e. The molecule has 0 aromatic heterocycles. The minimum atomic E-state index is -0.706. The lowest BCUT2D eigenvalue weighted by atomic mass is 9.98. The van der Waals surface area contributed by atoms with Crippen molar-refractivity contribution in [2.45, 2.75) is 51.1 Å². The van der Waals surface area contributed by atoms with Crippen molar-refractivity contribution < 1.29 is 14.9 Å². The molecule has 0 amide bonds. The van der Waals surface area contributed by atoms with Crippen molar-refractivity contribution in [1.82, 2.24) is 0 Å². The van der Waals surface area contributed by atoms with Crippen LogP contribution in [0.15, 0.2) is 0 Å². The summed E-state index contributed by atoms with van der Waals surface area (Å²) in [7, 11) is 0. The van der Waals surface area contributed by atoms with Crippen molar-refractivity contribution in [3.8, 4) is 0 Å². The molecular formula is C8H16O3. The molecular weight excluding hydrogens is 144 g/mol. The van der Waals surface area contributed by atoms with E-state index in [0.29, 0.717) is 12.8 Å². The van der Waals surface area contributed by atoms with Gasteiger partial charge in [-0.25, -0.2) is 0 Å². The SMILES string of the molecule is CC1(C)OC(O)CCCC1O. The van der Waals surface area contributed by atoms with Gasteiger partial charge in [-0.3, -0.25) is 0 Å². The fourth-order valence-corrected chi connectivity index (χ4v) is 1.32. The topological polar surface area (TPSA) is 49.7 Å². The fourth-order valence-electron chi connectivity index (χ4n) is 1.32. The van der Waals surface area contributed by atoms with E-state index in [0.717, 1.165) is 6.42 Å². The van der Waals surface area contributed by atoms with Crippen molar-refractivity contribution in [1.29, 1.82) is 0 Å².